The lowest BCUT2D eigenvalue weighted by atomic mass is 10.1. The zero-order chi connectivity index (χ0) is 11.2. The van der Waals surface area contributed by atoms with Gasteiger partial charge in [0, 0.05) is 38.5 Å². The molecule has 0 bridgehead atoms. The highest BCUT2D eigenvalue weighted by molar-refractivity contribution is 5.77. The molecule has 0 aromatic heterocycles. The Labute approximate surface area is 96.4 Å². The number of hydrogen-bond acceptors (Lipinski definition) is 3. The van der Waals surface area contributed by atoms with E-state index in [1.807, 2.05) is 0 Å². The van der Waals surface area contributed by atoms with Crippen LogP contribution >= 0.6 is 0 Å². The molecule has 3 N–H and O–H groups in total. The normalized spacial score (nSPS) is 24.0. The first kappa shape index (κ1) is 11.7. The van der Waals surface area contributed by atoms with Gasteiger partial charge in [-0.2, -0.15) is 0 Å². The van der Waals surface area contributed by atoms with E-state index in [2.05, 4.69) is 10.6 Å². The van der Waals surface area contributed by atoms with Gasteiger partial charge in [-0.15, -0.1) is 0 Å². The maximum absolute atomic E-state index is 7.86. The zero-order valence-electron chi connectivity index (χ0n) is 9.63. The standard InChI is InChI=1S/C11H21N3O2/c12-11(13-9-1-5-15-6-2-9)14-10-3-7-16-8-4-10/h9-10H,1-8H2,(H3,12,13,14). The number of guanidine groups is 1. The molecular formula is C11H21N3O2. The van der Waals surface area contributed by atoms with E-state index in [-0.39, 0.29) is 0 Å². The minimum atomic E-state index is 0.397. The van der Waals surface area contributed by atoms with Crippen LogP contribution in [0.5, 0.6) is 0 Å². The van der Waals surface area contributed by atoms with Crippen molar-refractivity contribution in [3.8, 4) is 0 Å². The van der Waals surface area contributed by atoms with Crippen LogP contribution in [0.1, 0.15) is 25.7 Å². The maximum atomic E-state index is 7.86. The topological polar surface area (TPSA) is 66.4 Å². The molecule has 2 heterocycles. The van der Waals surface area contributed by atoms with Crippen molar-refractivity contribution in [3.05, 3.63) is 0 Å². The Morgan fingerprint density at radius 2 is 1.19 bits per heavy atom. The SMILES string of the molecule is N=C(NC1CCOCC1)NC1CCOCC1. The van der Waals surface area contributed by atoms with Crippen LogP contribution in [-0.4, -0.2) is 44.5 Å². The number of ether oxygens (including phenoxy) is 2. The van der Waals surface area contributed by atoms with E-state index in [0.29, 0.717) is 18.0 Å². The van der Waals surface area contributed by atoms with Crippen LogP contribution in [0.2, 0.25) is 0 Å². The number of hydrogen-bond donors (Lipinski definition) is 3. The first-order chi connectivity index (χ1) is 7.84. The second kappa shape index (κ2) is 6.06. The van der Waals surface area contributed by atoms with Crippen molar-refractivity contribution in [3.63, 3.8) is 0 Å². The average molecular weight is 227 g/mol. The maximum Gasteiger partial charge on any atom is 0.188 e. The highest BCUT2D eigenvalue weighted by atomic mass is 16.5. The fourth-order valence-corrected chi connectivity index (χ4v) is 2.13. The molecule has 2 aliphatic heterocycles. The van der Waals surface area contributed by atoms with Crippen LogP contribution in [0, 0.1) is 5.41 Å². The van der Waals surface area contributed by atoms with E-state index in [1.54, 1.807) is 0 Å². The highest BCUT2D eigenvalue weighted by Gasteiger charge is 2.17. The Kier molecular flexibility index (Phi) is 4.42. The predicted molar refractivity (Wildman–Crippen MR) is 61.7 cm³/mol. The Bertz CT molecular complexity index is 201. The largest absolute Gasteiger partial charge is 0.381 e. The third-order valence-electron chi connectivity index (χ3n) is 3.14. The van der Waals surface area contributed by atoms with E-state index < -0.39 is 0 Å². The van der Waals surface area contributed by atoms with Crippen LogP contribution in [0.25, 0.3) is 0 Å². The molecular weight excluding hydrogens is 206 g/mol. The minimum absolute atomic E-state index is 0.397. The van der Waals surface area contributed by atoms with Gasteiger partial charge >= 0.3 is 0 Å². The Morgan fingerprint density at radius 3 is 1.56 bits per heavy atom. The molecule has 0 unspecified atom stereocenters. The molecule has 0 saturated carbocycles. The van der Waals surface area contributed by atoms with Crippen molar-refractivity contribution in [2.24, 2.45) is 0 Å². The summed E-state index contributed by atoms with van der Waals surface area (Å²) in [6.45, 7) is 3.23. The van der Waals surface area contributed by atoms with Gasteiger partial charge in [-0.1, -0.05) is 0 Å². The lowest BCUT2D eigenvalue weighted by molar-refractivity contribution is 0.0789. The van der Waals surface area contributed by atoms with Gasteiger partial charge < -0.3 is 20.1 Å². The lowest BCUT2D eigenvalue weighted by Crippen LogP contribution is -2.49. The number of nitrogens with one attached hydrogen (secondary N) is 3. The van der Waals surface area contributed by atoms with Crippen molar-refractivity contribution in [2.75, 3.05) is 26.4 Å². The monoisotopic (exact) mass is 227 g/mol. The van der Waals surface area contributed by atoms with Crippen molar-refractivity contribution in [1.29, 1.82) is 5.41 Å². The van der Waals surface area contributed by atoms with Crippen molar-refractivity contribution in [2.45, 2.75) is 37.8 Å². The van der Waals surface area contributed by atoms with Crippen LogP contribution in [0.15, 0.2) is 0 Å². The molecule has 0 aromatic carbocycles. The second-order valence-corrected chi connectivity index (χ2v) is 4.44. The fourth-order valence-electron chi connectivity index (χ4n) is 2.13. The summed E-state index contributed by atoms with van der Waals surface area (Å²) in [5.74, 6) is 0.457. The van der Waals surface area contributed by atoms with E-state index in [0.717, 1.165) is 52.1 Å². The van der Waals surface area contributed by atoms with E-state index in [1.165, 1.54) is 0 Å². The van der Waals surface area contributed by atoms with Gasteiger partial charge in [0.1, 0.15) is 0 Å². The molecule has 5 nitrogen and oxygen atoms in total. The predicted octanol–water partition coefficient (Wildman–Crippen LogP) is 0.458. The second-order valence-electron chi connectivity index (χ2n) is 4.44. The molecule has 92 valence electrons. The summed E-state index contributed by atoms with van der Waals surface area (Å²) in [6.07, 6.45) is 3.99. The third kappa shape index (κ3) is 3.64. The molecule has 0 aliphatic carbocycles. The van der Waals surface area contributed by atoms with Crippen molar-refractivity contribution < 1.29 is 9.47 Å². The van der Waals surface area contributed by atoms with Crippen LogP contribution in [-0.2, 0) is 9.47 Å². The van der Waals surface area contributed by atoms with Gasteiger partial charge in [0.25, 0.3) is 0 Å². The van der Waals surface area contributed by atoms with Crippen molar-refractivity contribution >= 4 is 5.96 Å². The molecule has 0 amide bonds. The summed E-state index contributed by atoms with van der Waals surface area (Å²) < 4.78 is 10.6. The van der Waals surface area contributed by atoms with Gasteiger partial charge in [0.15, 0.2) is 5.96 Å². The van der Waals surface area contributed by atoms with Crippen LogP contribution in [0.3, 0.4) is 0 Å². The molecule has 16 heavy (non-hydrogen) atoms. The molecule has 5 heteroatoms. The molecule has 2 fully saturated rings. The first-order valence-electron chi connectivity index (χ1n) is 6.12. The van der Waals surface area contributed by atoms with Gasteiger partial charge in [0.2, 0.25) is 0 Å². The quantitative estimate of drug-likeness (QED) is 0.473. The average Bonchev–Trinajstić information content (AvgIpc) is 2.31. The molecule has 0 atom stereocenters. The number of rotatable bonds is 2. The summed E-state index contributed by atoms with van der Waals surface area (Å²) in [6, 6.07) is 0.794. The smallest absolute Gasteiger partial charge is 0.188 e. The Balaban J connectivity index is 1.66. The first-order valence-corrected chi connectivity index (χ1v) is 6.12. The van der Waals surface area contributed by atoms with Gasteiger partial charge in [-0.05, 0) is 25.7 Å². The van der Waals surface area contributed by atoms with E-state index >= 15 is 0 Å². The van der Waals surface area contributed by atoms with Gasteiger partial charge in [-0.25, -0.2) is 0 Å². The third-order valence-corrected chi connectivity index (χ3v) is 3.14. The Hall–Kier alpha value is -0.810. The summed E-state index contributed by atoms with van der Waals surface area (Å²) >= 11 is 0. The summed E-state index contributed by atoms with van der Waals surface area (Å²) in [7, 11) is 0. The van der Waals surface area contributed by atoms with E-state index in [4.69, 9.17) is 14.9 Å². The zero-order valence-corrected chi connectivity index (χ0v) is 9.63. The molecule has 2 rings (SSSR count). The minimum Gasteiger partial charge on any atom is -0.381 e. The summed E-state index contributed by atoms with van der Waals surface area (Å²) in [4.78, 5) is 0. The molecule has 0 radical (unpaired) electrons. The summed E-state index contributed by atoms with van der Waals surface area (Å²) in [5.41, 5.74) is 0. The molecule has 2 aliphatic rings. The highest BCUT2D eigenvalue weighted by Crippen LogP contribution is 2.07. The molecule has 0 aromatic rings. The Morgan fingerprint density at radius 1 is 0.812 bits per heavy atom. The fraction of sp³-hybridized carbons (Fsp3) is 0.909. The molecule has 0 spiro atoms. The van der Waals surface area contributed by atoms with Crippen LogP contribution < -0.4 is 10.6 Å². The van der Waals surface area contributed by atoms with Crippen molar-refractivity contribution in [1.82, 2.24) is 10.6 Å². The lowest BCUT2D eigenvalue weighted by Gasteiger charge is -2.28. The van der Waals surface area contributed by atoms with Crippen LogP contribution in [0.4, 0.5) is 0 Å². The molecule has 2 saturated heterocycles. The summed E-state index contributed by atoms with van der Waals surface area (Å²) in [5, 5.41) is 14.3. The van der Waals surface area contributed by atoms with E-state index in [9.17, 15) is 0 Å². The van der Waals surface area contributed by atoms with Gasteiger partial charge in [-0.3, -0.25) is 5.41 Å². The van der Waals surface area contributed by atoms with Gasteiger partial charge in [0.05, 0.1) is 0 Å².